The second kappa shape index (κ2) is 8.45. The summed E-state index contributed by atoms with van der Waals surface area (Å²) < 4.78 is 11.1. The minimum Gasteiger partial charge on any atom is -0.507 e. The second-order valence-electron chi connectivity index (χ2n) is 8.83. The molecule has 1 unspecified atom stereocenters. The number of benzene rings is 2. The summed E-state index contributed by atoms with van der Waals surface area (Å²) in [7, 11) is 1.58. The number of furan rings is 1. The van der Waals surface area contributed by atoms with Crippen molar-refractivity contribution in [2.75, 3.05) is 12.0 Å². The minimum atomic E-state index is -0.929. The highest BCUT2D eigenvalue weighted by atomic mass is 35.5. The van der Waals surface area contributed by atoms with Crippen LogP contribution in [0.15, 0.2) is 70.9 Å². The molecule has 33 heavy (non-hydrogen) atoms. The van der Waals surface area contributed by atoms with E-state index >= 15 is 0 Å². The van der Waals surface area contributed by atoms with Gasteiger partial charge in [0.25, 0.3) is 11.7 Å². The van der Waals surface area contributed by atoms with Gasteiger partial charge in [-0.25, -0.2) is 0 Å². The van der Waals surface area contributed by atoms with Crippen molar-refractivity contribution in [3.05, 3.63) is 88.3 Å². The maximum Gasteiger partial charge on any atom is 0.300 e. The Labute approximate surface area is 197 Å². The fourth-order valence-corrected chi connectivity index (χ4v) is 4.14. The summed E-state index contributed by atoms with van der Waals surface area (Å²) in [5, 5.41) is 11.8. The molecule has 0 saturated carbocycles. The number of Topliss-reactive ketones (excluding diaryl/α,β-unsaturated/α-hetero) is 1. The van der Waals surface area contributed by atoms with Crippen molar-refractivity contribution in [1.82, 2.24) is 0 Å². The van der Waals surface area contributed by atoms with Crippen LogP contribution >= 0.6 is 11.6 Å². The van der Waals surface area contributed by atoms with Crippen LogP contribution in [0.5, 0.6) is 5.75 Å². The van der Waals surface area contributed by atoms with Crippen molar-refractivity contribution in [2.45, 2.75) is 32.2 Å². The lowest BCUT2D eigenvalue weighted by Gasteiger charge is -2.24. The van der Waals surface area contributed by atoms with Gasteiger partial charge in [-0.2, -0.15) is 0 Å². The first-order valence-electron chi connectivity index (χ1n) is 10.4. The van der Waals surface area contributed by atoms with Gasteiger partial charge in [0.15, 0.2) is 0 Å². The number of carbonyl (C=O) groups is 2. The van der Waals surface area contributed by atoms with Gasteiger partial charge in [0, 0.05) is 21.8 Å². The molecule has 170 valence electrons. The molecule has 4 rings (SSSR count). The summed E-state index contributed by atoms with van der Waals surface area (Å²) in [6.45, 7) is 6.07. The number of methoxy groups -OCH3 is 1. The van der Waals surface area contributed by atoms with Gasteiger partial charge >= 0.3 is 0 Å². The molecule has 2 heterocycles. The molecule has 1 amide bonds. The van der Waals surface area contributed by atoms with Gasteiger partial charge in [-0.1, -0.05) is 32.4 Å². The Morgan fingerprint density at radius 1 is 1.09 bits per heavy atom. The van der Waals surface area contributed by atoms with Gasteiger partial charge in [-0.3, -0.25) is 14.5 Å². The van der Waals surface area contributed by atoms with Gasteiger partial charge in [0.1, 0.15) is 23.3 Å². The van der Waals surface area contributed by atoms with Gasteiger partial charge in [0.05, 0.1) is 18.9 Å². The van der Waals surface area contributed by atoms with Crippen molar-refractivity contribution >= 4 is 34.7 Å². The highest BCUT2D eigenvalue weighted by Crippen LogP contribution is 2.43. The lowest BCUT2D eigenvalue weighted by Crippen LogP contribution is -2.29. The molecule has 0 radical (unpaired) electrons. The summed E-state index contributed by atoms with van der Waals surface area (Å²) in [6.07, 6.45) is 1.46. The highest BCUT2D eigenvalue weighted by molar-refractivity contribution is 6.51. The number of amides is 1. The number of hydrogen-bond donors (Lipinski definition) is 1. The summed E-state index contributed by atoms with van der Waals surface area (Å²) >= 11 is 6.01. The molecule has 1 fully saturated rings. The molecule has 0 aliphatic carbocycles. The molecule has 0 bridgehead atoms. The fraction of sp³-hybridized carbons (Fsp3) is 0.231. The number of hydrogen-bond acceptors (Lipinski definition) is 5. The zero-order valence-corrected chi connectivity index (χ0v) is 19.5. The predicted octanol–water partition coefficient (Wildman–Crippen LogP) is 5.87. The number of ketones is 1. The Morgan fingerprint density at radius 2 is 1.79 bits per heavy atom. The van der Waals surface area contributed by atoms with Gasteiger partial charge < -0.3 is 14.3 Å². The summed E-state index contributed by atoms with van der Waals surface area (Å²) in [5.41, 5.74) is 1.40. The molecule has 1 N–H and O–H groups in total. The van der Waals surface area contributed by atoms with Crippen LogP contribution in [0.3, 0.4) is 0 Å². The van der Waals surface area contributed by atoms with Gasteiger partial charge in [-0.15, -0.1) is 0 Å². The first-order chi connectivity index (χ1) is 15.6. The monoisotopic (exact) mass is 465 g/mol. The SMILES string of the molecule is COc1ccc(/C(O)=C2/C(=O)C(=O)N(c3ccc(Cl)cc3)C2c2ccco2)cc1C(C)(C)C. The second-order valence-corrected chi connectivity index (χ2v) is 9.26. The smallest absolute Gasteiger partial charge is 0.300 e. The van der Waals surface area contributed by atoms with E-state index in [1.165, 1.54) is 11.2 Å². The predicted molar refractivity (Wildman–Crippen MR) is 127 cm³/mol. The van der Waals surface area contributed by atoms with Gasteiger partial charge in [0.2, 0.25) is 0 Å². The van der Waals surface area contributed by atoms with Crippen LogP contribution in [0.1, 0.15) is 43.7 Å². The number of carbonyl (C=O) groups excluding carboxylic acids is 2. The molecule has 1 aliphatic heterocycles. The zero-order chi connectivity index (χ0) is 23.9. The van der Waals surface area contributed by atoms with E-state index < -0.39 is 17.7 Å². The third kappa shape index (κ3) is 4.02. The average Bonchev–Trinajstić information content (AvgIpc) is 3.40. The molecular formula is C26H24ClNO5. The summed E-state index contributed by atoms with van der Waals surface area (Å²) in [5.74, 6) is -0.806. The molecule has 1 atom stereocenters. The van der Waals surface area contributed by atoms with Crippen molar-refractivity contribution < 1.29 is 23.8 Å². The first kappa shape index (κ1) is 22.7. The average molecular weight is 466 g/mol. The Morgan fingerprint density at radius 3 is 2.36 bits per heavy atom. The van der Waals surface area contributed by atoms with E-state index in [0.29, 0.717) is 27.8 Å². The Balaban J connectivity index is 1.92. The van der Waals surface area contributed by atoms with E-state index in [4.69, 9.17) is 20.8 Å². The van der Waals surface area contributed by atoms with Crippen LogP contribution in [-0.2, 0) is 15.0 Å². The standard InChI is InChI=1S/C26H24ClNO5/c1-26(2,3)18-14-15(7-12-19(18)32-4)23(29)21-22(20-6-5-13-33-20)28(25(31)24(21)30)17-10-8-16(27)9-11-17/h5-14,22,29H,1-4H3/b23-21-. The third-order valence-corrected chi connectivity index (χ3v) is 5.89. The number of halogens is 1. The van der Waals surface area contributed by atoms with Crippen LogP contribution in [0.25, 0.3) is 5.76 Å². The van der Waals surface area contributed by atoms with E-state index in [0.717, 1.165) is 5.56 Å². The normalized spacial score (nSPS) is 18.1. The van der Waals surface area contributed by atoms with Gasteiger partial charge in [-0.05, 0) is 60.0 Å². The highest BCUT2D eigenvalue weighted by Gasteiger charge is 2.48. The molecule has 6 nitrogen and oxygen atoms in total. The molecule has 3 aromatic rings. The molecule has 2 aromatic carbocycles. The van der Waals surface area contributed by atoms with Crippen LogP contribution in [0.2, 0.25) is 5.02 Å². The number of aliphatic hydroxyl groups excluding tert-OH is 1. The number of aliphatic hydroxyl groups is 1. The molecular weight excluding hydrogens is 442 g/mol. The zero-order valence-electron chi connectivity index (χ0n) is 18.8. The number of anilines is 1. The molecule has 0 spiro atoms. The lowest BCUT2D eigenvalue weighted by atomic mass is 9.84. The van der Waals surface area contributed by atoms with E-state index in [1.807, 2.05) is 20.8 Å². The van der Waals surface area contributed by atoms with E-state index in [2.05, 4.69) is 0 Å². The van der Waals surface area contributed by atoms with Crippen LogP contribution in [0, 0.1) is 0 Å². The number of nitrogens with zero attached hydrogens (tertiary/aromatic N) is 1. The Bertz CT molecular complexity index is 1240. The quantitative estimate of drug-likeness (QED) is 0.296. The fourth-order valence-electron chi connectivity index (χ4n) is 4.01. The summed E-state index contributed by atoms with van der Waals surface area (Å²) in [6, 6.07) is 14.2. The largest absolute Gasteiger partial charge is 0.507 e. The molecule has 1 aliphatic rings. The maximum absolute atomic E-state index is 13.2. The van der Waals surface area contributed by atoms with Crippen molar-refractivity contribution in [3.63, 3.8) is 0 Å². The van der Waals surface area contributed by atoms with Crippen molar-refractivity contribution in [3.8, 4) is 5.75 Å². The van der Waals surface area contributed by atoms with E-state index in [1.54, 1.807) is 61.7 Å². The maximum atomic E-state index is 13.2. The van der Waals surface area contributed by atoms with Crippen LogP contribution in [0.4, 0.5) is 5.69 Å². The van der Waals surface area contributed by atoms with Crippen molar-refractivity contribution in [2.24, 2.45) is 0 Å². The molecule has 1 aromatic heterocycles. The molecule has 7 heteroatoms. The Kier molecular flexibility index (Phi) is 5.80. The Hall–Kier alpha value is -3.51. The first-order valence-corrected chi connectivity index (χ1v) is 10.8. The van der Waals surface area contributed by atoms with Crippen molar-refractivity contribution in [1.29, 1.82) is 0 Å². The minimum absolute atomic E-state index is 0.0464. The summed E-state index contributed by atoms with van der Waals surface area (Å²) in [4.78, 5) is 27.6. The lowest BCUT2D eigenvalue weighted by molar-refractivity contribution is -0.132. The van der Waals surface area contributed by atoms with Crippen LogP contribution in [-0.4, -0.2) is 23.9 Å². The topological polar surface area (TPSA) is 80.0 Å². The number of rotatable bonds is 4. The molecule has 1 saturated heterocycles. The van der Waals surface area contributed by atoms with Crippen LogP contribution < -0.4 is 9.64 Å². The van der Waals surface area contributed by atoms with E-state index in [9.17, 15) is 14.7 Å². The number of ether oxygens (including phenoxy) is 1. The third-order valence-electron chi connectivity index (χ3n) is 5.64. The van der Waals surface area contributed by atoms with E-state index in [-0.39, 0.29) is 16.7 Å².